The standard InChI is InChI=1S/C16H14N4O6/c1-25-12-5-4-10(20(23)24)7-11(12)18-14(21)8-19-15(22)9-26-13-3-2-6-17-16(13)19/h2-7H,8-9H2,1H3,(H,18,21). The summed E-state index contributed by atoms with van der Waals surface area (Å²) >= 11 is 0. The molecule has 1 aromatic heterocycles. The monoisotopic (exact) mass is 358 g/mol. The Kier molecular flexibility index (Phi) is 4.65. The van der Waals surface area contributed by atoms with E-state index < -0.39 is 16.7 Å². The van der Waals surface area contributed by atoms with Crippen LogP contribution in [0, 0.1) is 10.1 Å². The van der Waals surface area contributed by atoms with E-state index in [4.69, 9.17) is 9.47 Å². The molecule has 2 heterocycles. The predicted octanol–water partition coefficient (Wildman–Crippen LogP) is 1.36. The van der Waals surface area contributed by atoms with Crippen LogP contribution in [0.2, 0.25) is 0 Å². The number of nitrogens with zero attached hydrogens (tertiary/aromatic N) is 3. The lowest BCUT2D eigenvalue weighted by atomic mass is 10.2. The fourth-order valence-corrected chi connectivity index (χ4v) is 2.44. The van der Waals surface area contributed by atoms with Crippen molar-refractivity contribution in [3.63, 3.8) is 0 Å². The first kappa shape index (κ1) is 17.1. The molecular weight excluding hydrogens is 344 g/mol. The second kappa shape index (κ2) is 7.05. The Morgan fingerprint density at radius 1 is 1.46 bits per heavy atom. The Bertz CT molecular complexity index is 885. The van der Waals surface area contributed by atoms with Crippen molar-refractivity contribution >= 4 is 29.0 Å². The van der Waals surface area contributed by atoms with Gasteiger partial charge in [-0.2, -0.15) is 0 Å². The highest BCUT2D eigenvalue weighted by molar-refractivity contribution is 6.04. The average molecular weight is 358 g/mol. The predicted molar refractivity (Wildman–Crippen MR) is 90.4 cm³/mol. The van der Waals surface area contributed by atoms with Crippen molar-refractivity contribution in [1.29, 1.82) is 0 Å². The second-order valence-electron chi connectivity index (χ2n) is 5.28. The van der Waals surface area contributed by atoms with Crippen LogP contribution in [-0.4, -0.2) is 42.0 Å². The normalized spacial score (nSPS) is 12.8. The number of nitro groups is 1. The Morgan fingerprint density at radius 3 is 3.00 bits per heavy atom. The molecule has 0 saturated carbocycles. The minimum atomic E-state index is -0.583. The van der Waals surface area contributed by atoms with Crippen LogP contribution < -0.4 is 19.7 Å². The average Bonchev–Trinajstić information content (AvgIpc) is 2.64. The summed E-state index contributed by atoms with van der Waals surface area (Å²) < 4.78 is 10.4. The third-order valence-electron chi connectivity index (χ3n) is 3.63. The zero-order valence-electron chi connectivity index (χ0n) is 13.7. The Labute approximate surface area is 147 Å². The Hall–Kier alpha value is -3.69. The molecule has 2 aromatic rings. The minimum Gasteiger partial charge on any atom is -0.495 e. The van der Waals surface area contributed by atoms with Gasteiger partial charge in [0.1, 0.15) is 12.3 Å². The SMILES string of the molecule is COc1ccc([N+](=O)[O-])cc1NC(=O)CN1C(=O)COc2cccnc21. The third kappa shape index (κ3) is 3.38. The molecule has 0 spiro atoms. The van der Waals surface area contributed by atoms with Gasteiger partial charge in [-0.1, -0.05) is 0 Å². The van der Waals surface area contributed by atoms with E-state index in [1.54, 1.807) is 12.1 Å². The molecule has 0 bridgehead atoms. The molecule has 3 rings (SSSR count). The number of nitro benzene ring substituents is 1. The molecule has 1 aliphatic rings. The maximum absolute atomic E-state index is 12.4. The Balaban J connectivity index is 1.80. The van der Waals surface area contributed by atoms with E-state index in [9.17, 15) is 19.7 Å². The first-order chi connectivity index (χ1) is 12.5. The number of carbonyl (C=O) groups is 2. The van der Waals surface area contributed by atoms with Crippen molar-refractivity contribution in [1.82, 2.24) is 4.98 Å². The quantitative estimate of drug-likeness (QED) is 0.632. The lowest BCUT2D eigenvalue weighted by molar-refractivity contribution is -0.384. The maximum atomic E-state index is 12.4. The van der Waals surface area contributed by atoms with Crippen LogP contribution in [-0.2, 0) is 9.59 Å². The summed E-state index contributed by atoms with van der Waals surface area (Å²) in [5.74, 6) is -0.0819. The summed E-state index contributed by atoms with van der Waals surface area (Å²) in [7, 11) is 1.38. The van der Waals surface area contributed by atoms with Crippen molar-refractivity contribution in [2.45, 2.75) is 0 Å². The van der Waals surface area contributed by atoms with Gasteiger partial charge in [0.2, 0.25) is 5.91 Å². The maximum Gasteiger partial charge on any atom is 0.271 e. The number of benzene rings is 1. The van der Waals surface area contributed by atoms with Gasteiger partial charge >= 0.3 is 0 Å². The number of nitrogens with one attached hydrogen (secondary N) is 1. The summed E-state index contributed by atoms with van der Waals surface area (Å²) in [5.41, 5.74) is -0.0655. The van der Waals surface area contributed by atoms with E-state index >= 15 is 0 Å². The molecule has 0 fully saturated rings. The molecule has 10 heteroatoms. The first-order valence-electron chi connectivity index (χ1n) is 7.50. The Morgan fingerprint density at radius 2 is 2.27 bits per heavy atom. The molecule has 0 saturated heterocycles. The number of ether oxygens (including phenoxy) is 2. The number of amides is 2. The fraction of sp³-hybridized carbons (Fsp3) is 0.188. The lowest BCUT2D eigenvalue weighted by Gasteiger charge is -2.27. The van der Waals surface area contributed by atoms with Crippen LogP contribution in [0.5, 0.6) is 11.5 Å². The number of pyridine rings is 1. The summed E-state index contributed by atoms with van der Waals surface area (Å²) in [6.45, 7) is -0.524. The van der Waals surface area contributed by atoms with Gasteiger partial charge in [0.25, 0.3) is 11.6 Å². The van der Waals surface area contributed by atoms with Crippen molar-refractivity contribution < 1.29 is 24.0 Å². The number of anilines is 2. The van der Waals surface area contributed by atoms with Crippen molar-refractivity contribution in [3.05, 3.63) is 46.6 Å². The second-order valence-corrected chi connectivity index (χ2v) is 5.28. The van der Waals surface area contributed by atoms with Crippen LogP contribution in [0.1, 0.15) is 0 Å². The van der Waals surface area contributed by atoms with Crippen molar-refractivity contribution in [3.8, 4) is 11.5 Å². The number of hydrogen-bond acceptors (Lipinski definition) is 7. The lowest BCUT2D eigenvalue weighted by Crippen LogP contribution is -2.44. The number of rotatable bonds is 5. The minimum absolute atomic E-state index is 0.133. The van der Waals surface area contributed by atoms with Crippen LogP contribution in [0.3, 0.4) is 0 Å². The number of non-ortho nitro benzene ring substituents is 1. The van der Waals surface area contributed by atoms with E-state index in [1.807, 2.05) is 0 Å². The topological polar surface area (TPSA) is 124 Å². The number of fused-ring (bicyclic) bond motifs is 1. The number of aromatic nitrogens is 1. The number of methoxy groups -OCH3 is 1. The fourth-order valence-electron chi connectivity index (χ4n) is 2.44. The molecule has 26 heavy (non-hydrogen) atoms. The summed E-state index contributed by atoms with van der Waals surface area (Å²) in [5, 5.41) is 13.4. The van der Waals surface area contributed by atoms with E-state index in [1.165, 1.54) is 36.4 Å². The van der Waals surface area contributed by atoms with Gasteiger partial charge in [-0.25, -0.2) is 4.98 Å². The molecule has 0 atom stereocenters. The highest BCUT2D eigenvalue weighted by Gasteiger charge is 2.28. The zero-order chi connectivity index (χ0) is 18.7. The van der Waals surface area contributed by atoms with Gasteiger partial charge in [0.15, 0.2) is 18.2 Å². The highest BCUT2D eigenvalue weighted by Crippen LogP contribution is 2.30. The highest BCUT2D eigenvalue weighted by atomic mass is 16.6. The van der Waals surface area contributed by atoms with Gasteiger partial charge < -0.3 is 14.8 Å². The number of hydrogen-bond donors (Lipinski definition) is 1. The van der Waals surface area contributed by atoms with E-state index in [0.29, 0.717) is 5.75 Å². The molecule has 134 valence electrons. The van der Waals surface area contributed by atoms with Gasteiger partial charge in [0, 0.05) is 18.3 Å². The van der Waals surface area contributed by atoms with Crippen LogP contribution in [0.25, 0.3) is 0 Å². The van der Waals surface area contributed by atoms with E-state index in [2.05, 4.69) is 10.3 Å². The summed E-state index contributed by atoms with van der Waals surface area (Å²) in [6, 6.07) is 7.12. The number of carbonyl (C=O) groups excluding carboxylic acids is 2. The molecule has 0 unspecified atom stereocenters. The first-order valence-corrected chi connectivity index (χ1v) is 7.50. The summed E-state index contributed by atoms with van der Waals surface area (Å²) in [4.78, 5) is 40.1. The molecular formula is C16H14N4O6. The largest absolute Gasteiger partial charge is 0.495 e. The van der Waals surface area contributed by atoms with Crippen LogP contribution >= 0.6 is 0 Å². The molecule has 1 aliphatic heterocycles. The van der Waals surface area contributed by atoms with Gasteiger partial charge in [0.05, 0.1) is 17.7 Å². The van der Waals surface area contributed by atoms with E-state index in [0.717, 1.165) is 0 Å². The summed E-state index contributed by atoms with van der Waals surface area (Å²) in [6.07, 6.45) is 1.48. The zero-order valence-corrected chi connectivity index (χ0v) is 13.7. The molecule has 0 aliphatic carbocycles. The molecule has 2 amide bonds. The van der Waals surface area contributed by atoms with Crippen LogP contribution in [0.15, 0.2) is 36.5 Å². The molecule has 10 nitrogen and oxygen atoms in total. The molecule has 1 N–H and O–H groups in total. The van der Waals surface area contributed by atoms with Crippen LogP contribution in [0.4, 0.5) is 17.2 Å². The smallest absolute Gasteiger partial charge is 0.271 e. The third-order valence-corrected chi connectivity index (χ3v) is 3.63. The molecule has 1 aromatic carbocycles. The van der Waals surface area contributed by atoms with Crippen molar-refractivity contribution in [2.75, 3.05) is 30.5 Å². The van der Waals surface area contributed by atoms with E-state index in [-0.39, 0.29) is 36.1 Å². The molecule has 0 radical (unpaired) electrons. The van der Waals surface area contributed by atoms with Gasteiger partial charge in [-0.05, 0) is 18.2 Å². The van der Waals surface area contributed by atoms with Gasteiger partial charge in [-0.15, -0.1) is 0 Å². The van der Waals surface area contributed by atoms with Gasteiger partial charge in [-0.3, -0.25) is 24.6 Å². The van der Waals surface area contributed by atoms with Crippen molar-refractivity contribution in [2.24, 2.45) is 0 Å².